The highest BCUT2D eigenvalue weighted by molar-refractivity contribution is 6.09. The minimum atomic E-state index is -0.540. The number of fused-ring (bicyclic) bond motifs is 1. The van der Waals surface area contributed by atoms with Gasteiger partial charge in [-0.1, -0.05) is 0 Å². The largest absolute Gasteiger partial charge is 0.453 e. The number of likely N-dealkylation sites (tertiary alicyclic amines) is 1. The molecule has 6 rings (SSSR count). The number of anilines is 2. The summed E-state index contributed by atoms with van der Waals surface area (Å²) in [5, 5.41) is 19.6. The Hall–Kier alpha value is -4.59. The highest BCUT2D eigenvalue weighted by atomic mass is 19.1. The van der Waals surface area contributed by atoms with Crippen molar-refractivity contribution in [2.75, 3.05) is 56.7 Å². The second-order valence-electron chi connectivity index (χ2n) is 9.44. The van der Waals surface area contributed by atoms with Gasteiger partial charge in [0, 0.05) is 18.8 Å². The molecule has 0 bridgehead atoms. The molecule has 0 atom stereocenters. The minimum absolute atomic E-state index is 0.0751. The second kappa shape index (κ2) is 9.94. The Morgan fingerprint density at radius 3 is 2.74 bits per heavy atom. The molecule has 13 nitrogen and oxygen atoms in total. The molecule has 4 aromatic rings. The van der Waals surface area contributed by atoms with Gasteiger partial charge in [0.1, 0.15) is 11.9 Å². The Morgan fingerprint density at radius 2 is 1.97 bits per heavy atom. The van der Waals surface area contributed by atoms with E-state index in [0.29, 0.717) is 48.6 Å². The molecule has 1 aromatic carbocycles. The maximum absolute atomic E-state index is 14.9. The van der Waals surface area contributed by atoms with E-state index in [9.17, 15) is 14.0 Å². The number of benzene rings is 1. The van der Waals surface area contributed by atoms with Crippen LogP contribution in [0.2, 0.25) is 0 Å². The molecule has 0 spiro atoms. The zero-order valence-electron chi connectivity index (χ0n) is 21.4. The zero-order valence-corrected chi connectivity index (χ0v) is 21.4. The summed E-state index contributed by atoms with van der Waals surface area (Å²) in [6, 6.07) is 6.45. The minimum Gasteiger partial charge on any atom is -0.453 e. The smallest absolute Gasteiger partial charge is 0.409 e. The predicted molar refractivity (Wildman–Crippen MR) is 137 cm³/mol. The normalized spacial score (nSPS) is 15.9. The molecule has 0 saturated carbocycles. The summed E-state index contributed by atoms with van der Waals surface area (Å²) in [5.74, 6) is -0.841. The number of carbonyl (C=O) groups is 2. The number of pyridine rings is 1. The Morgan fingerprint density at radius 1 is 1.18 bits per heavy atom. The van der Waals surface area contributed by atoms with Crippen LogP contribution in [0.3, 0.4) is 0 Å². The van der Waals surface area contributed by atoms with E-state index < -0.39 is 11.9 Å². The lowest BCUT2D eigenvalue weighted by Crippen LogP contribution is -2.51. The highest BCUT2D eigenvalue weighted by Crippen LogP contribution is 2.28. The van der Waals surface area contributed by atoms with Gasteiger partial charge < -0.3 is 24.6 Å². The van der Waals surface area contributed by atoms with Crippen LogP contribution in [0, 0.1) is 12.7 Å². The number of rotatable bonds is 5. The molecule has 1 N–H and O–H groups in total. The molecule has 14 heteroatoms. The van der Waals surface area contributed by atoms with Crippen molar-refractivity contribution in [3.8, 4) is 11.4 Å². The molecule has 2 aliphatic heterocycles. The number of nitrogens with zero attached hydrogens (tertiary/aromatic N) is 8. The van der Waals surface area contributed by atoms with Crippen LogP contribution < -0.4 is 10.2 Å². The lowest BCUT2D eigenvalue weighted by molar-refractivity contribution is 0.0621. The first kappa shape index (κ1) is 24.7. The van der Waals surface area contributed by atoms with E-state index in [1.54, 1.807) is 11.4 Å². The fraction of sp³-hybridized carbons (Fsp3) is 0.360. The molecular weight excluding hydrogens is 509 g/mol. The van der Waals surface area contributed by atoms with Gasteiger partial charge in [0.15, 0.2) is 0 Å². The standard InChI is InChI=1S/C25H26FN9O4/c1-15-9-20(26)18(23-29-31-35(30-23)17-12-33(13-17)25(37)38-2)10-21(15)28-24(36)19-11-27-34-14-16(3-4-22(19)34)32-5-7-39-8-6-32/h3-4,9-11,14,17H,5-8,12-13H2,1-2H3,(H,28,36). The Labute approximate surface area is 222 Å². The molecular formula is C25H26FN9O4. The van der Waals surface area contributed by atoms with E-state index in [4.69, 9.17) is 9.47 Å². The third-order valence-electron chi connectivity index (χ3n) is 6.97. The number of methoxy groups -OCH3 is 1. The van der Waals surface area contributed by atoms with E-state index in [1.807, 2.05) is 18.3 Å². The number of amides is 2. The van der Waals surface area contributed by atoms with E-state index in [-0.39, 0.29) is 23.3 Å². The van der Waals surface area contributed by atoms with Gasteiger partial charge in [0.2, 0.25) is 5.82 Å². The summed E-state index contributed by atoms with van der Waals surface area (Å²) in [5.41, 5.74) is 3.09. The van der Waals surface area contributed by atoms with Gasteiger partial charge in [-0.25, -0.2) is 13.7 Å². The molecule has 2 amide bonds. The van der Waals surface area contributed by atoms with Crippen molar-refractivity contribution in [3.63, 3.8) is 0 Å². The third kappa shape index (κ3) is 4.63. The third-order valence-corrected chi connectivity index (χ3v) is 6.97. The number of tetrazole rings is 1. The zero-order chi connectivity index (χ0) is 27.1. The van der Waals surface area contributed by atoms with Gasteiger partial charge in [-0.3, -0.25) is 4.79 Å². The van der Waals surface area contributed by atoms with Crippen LogP contribution in [-0.2, 0) is 9.47 Å². The van der Waals surface area contributed by atoms with Crippen LogP contribution >= 0.6 is 0 Å². The first-order valence-corrected chi connectivity index (χ1v) is 12.5. The molecule has 5 heterocycles. The fourth-order valence-corrected chi connectivity index (χ4v) is 4.69. The Balaban J connectivity index is 1.20. The fourth-order valence-electron chi connectivity index (χ4n) is 4.69. The quantitative estimate of drug-likeness (QED) is 0.408. The average molecular weight is 536 g/mol. The van der Waals surface area contributed by atoms with E-state index in [0.717, 1.165) is 18.8 Å². The van der Waals surface area contributed by atoms with Crippen LogP contribution in [0.1, 0.15) is 22.0 Å². The lowest BCUT2D eigenvalue weighted by atomic mass is 10.1. The van der Waals surface area contributed by atoms with Gasteiger partial charge in [-0.15, -0.1) is 10.2 Å². The number of hydrogen-bond donors (Lipinski definition) is 1. The van der Waals surface area contributed by atoms with E-state index in [1.165, 1.54) is 35.1 Å². The molecule has 2 fully saturated rings. The van der Waals surface area contributed by atoms with Crippen molar-refractivity contribution in [2.45, 2.75) is 13.0 Å². The lowest BCUT2D eigenvalue weighted by Gasteiger charge is -2.36. The molecule has 202 valence electrons. The Bertz CT molecular complexity index is 1560. The van der Waals surface area contributed by atoms with Gasteiger partial charge in [0.05, 0.1) is 68.1 Å². The van der Waals surface area contributed by atoms with Gasteiger partial charge in [-0.05, 0) is 42.0 Å². The Kier molecular flexibility index (Phi) is 6.30. The molecule has 2 aliphatic rings. The SMILES string of the molecule is COC(=O)N1CC(n2nnc(-c3cc(NC(=O)c4cnn5cc(N6CCOCC6)ccc45)c(C)cc3F)n2)C1. The highest BCUT2D eigenvalue weighted by Gasteiger charge is 2.34. The number of morpholine rings is 1. The molecule has 39 heavy (non-hydrogen) atoms. The summed E-state index contributed by atoms with van der Waals surface area (Å²) in [6.07, 6.45) is 2.97. The summed E-state index contributed by atoms with van der Waals surface area (Å²) in [6.45, 7) is 5.37. The van der Waals surface area contributed by atoms with Crippen LogP contribution in [-0.4, -0.2) is 93.2 Å². The molecule has 0 unspecified atom stereocenters. The number of aryl methyl sites for hydroxylation is 1. The number of nitrogens with one attached hydrogen (secondary N) is 1. The summed E-state index contributed by atoms with van der Waals surface area (Å²) in [4.78, 5) is 29.9. The maximum Gasteiger partial charge on any atom is 0.409 e. The summed E-state index contributed by atoms with van der Waals surface area (Å²) < 4.78 is 26.7. The molecule has 2 saturated heterocycles. The predicted octanol–water partition coefficient (Wildman–Crippen LogP) is 2.15. The molecule has 0 aliphatic carbocycles. The van der Waals surface area contributed by atoms with Gasteiger partial charge in [0.25, 0.3) is 5.91 Å². The second-order valence-corrected chi connectivity index (χ2v) is 9.44. The van der Waals surface area contributed by atoms with Crippen LogP contribution in [0.15, 0.2) is 36.7 Å². The van der Waals surface area contributed by atoms with Crippen LogP contribution in [0.5, 0.6) is 0 Å². The molecule has 0 radical (unpaired) electrons. The van der Waals surface area contributed by atoms with Crippen molar-refractivity contribution in [3.05, 3.63) is 53.6 Å². The van der Waals surface area contributed by atoms with Crippen molar-refractivity contribution in [1.29, 1.82) is 0 Å². The van der Waals surface area contributed by atoms with Crippen LogP contribution in [0.4, 0.5) is 20.6 Å². The summed E-state index contributed by atoms with van der Waals surface area (Å²) >= 11 is 0. The maximum atomic E-state index is 14.9. The van der Waals surface area contributed by atoms with Crippen molar-refractivity contribution in [2.24, 2.45) is 0 Å². The number of ether oxygens (including phenoxy) is 2. The van der Waals surface area contributed by atoms with Gasteiger partial charge in [-0.2, -0.15) is 9.90 Å². The van der Waals surface area contributed by atoms with Crippen molar-refractivity contribution in [1.82, 2.24) is 34.7 Å². The first-order valence-electron chi connectivity index (χ1n) is 12.5. The number of halogens is 1. The number of hydrogen-bond acceptors (Lipinski definition) is 9. The number of carbonyl (C=O) groups excluding carboxylic acids is 2. The van der Waals surface area contributed by atoms with E-state index >= 15 is 0 Å². The first-order chi connectivity index (χ1) is 18.9. The van der Waals surface area contributed by atoms with Crippen molar-refractivity contribution >= 4 is 28.9 Å². The molecule has 3 aromatic heterocycles. The van der Waals surface area contributed by atoms with Crippen LogP contribution in [0.25, 0.3) is 16.9 Å². The van der Waals surface area contributed by atoms with Gasteiger partial charge >= 0.3 is 6.09 Å². The summed E-state index contributed by atoms with van der Waals surface area (Å²) in [7, 11) is 1.32. The average Bonchev–Trinajstić information content (AvgIpc) is 3.57. The number of aromatic nitrogens is 6. The monoisotopic (exact) mass is 535 g/mol. The van der Waals surface area contributed by atoms with E-state index in [2.05, 4.69) is 30.7 Å². The van der Waals surface area contributed by atoms with Crippen molar-refractivity contribution < 1.29 is 23.5 Å². The topological polar surface area (TPSA) is 132 Å².